The van der Waals surface area contributed by atoms with E-state index in [2.05, 4.69) is 19.1 Å². The van der Waals surface area contributed by atoms with Crippen LogP contribution < -0.4 is 11.1 Å². The number of benzene rings is 1. The molecule has 1 nitrogen and oxygen atoms in total. The van der Waals surface area contributed by atoms with Crippen LogP contribution in [0.25, 0.3) is 0 Å². The third kappa shape index (κ3) is 1.58. The van der Waals surface area contributed by atoms with E-state index in [9.17, 15) is 0 Å². The van der Waals surface area contributed by atoms with Gasteiger partial charge < -0.3 is 5.64 Å². The highest BCUT2D eigenvalue weighted by atomic mass is 14.4. The summed E-state index contributed by atoms with van der Waals surface area (Å²) in [5.41, 5.74) is 7.90. The van der Waals surface area contributed by atoms with E-state index in [1.54, 1.807) is 0 Å². The van der Waals surface area contributed by atoms with E-state index in [1.165, 1.54) is 11.0 Å². The van der Waals surface area contributed by atoms with Gasteiger partial charge in [0.1, 0.15) is 0 Å². The summed E-state index contributed by atoms with van der Waals surface area (Å²) in [5, 5.41) is 0. The summed E-state index contributed by atoms with van der Waals surface area (Å²) in [5.74, 6) is 0. The van der Waals surface area contributed by atoms with Crippen molar-refractivity contribution in [3.05, 3.63) is 29.8 Å². The Bertz CT molecular complexity index is 198. The van der Waals surface area contributed by atoms with E-state index in [1.807, 2.05) is 12.1 Å². The van der Waals surface area contributed by atoms with Gasteiger partial charge in [0, 0.05) is 0 Å². The van der Waals surface area contributed by atoms with E-state index in [-0.39, 0.29) is 0 Å². The molecule has 46 valence electrons. The lowest BCUT2D eigenvalue weighted by atomic mass is 9.84. The van der Waals surface area contributed by atoms with Gasteiger partial charge in [-0.2, -0.15) is 0 Å². The fraction of sp³-hybridized carbons (Fsp3) is 0.143. The summed E-state index contributed by atoms with van der Waals surface area (Å²) in [7, 11) is 0.641. The highest BCUT2D eigenvalue weighted by Gasteiger charge is 1.88. The van der Waals surface area contributed by atoms with Crippen LogP contribution in [0.1, 0.15) is 5.56 Å². The van der Waals surface area contributed by atoms with Gasteiger partial charge in [0.2, 0.25) is 7.41 Å². The average Bonchev–Trinajstić information content (AvgIpc) is 1.88. The van der Waals surface area contributed by atoms with Crippen molar-refractivity contribution in [3.63, 3.8) is 0 Å². The maximum atomic E-state index is 5.42. The minimum absolute atomic E-state index is 0.641. The van der Waals surface area contributed by atoms with E-state index in [4.69, 9.17) is 5.64 Å². The normalized spacial score (nSPS) is 9.11. The minimum atomic E-state index is 0.641. The van der Waals surface area contributed by atoms with Crippen LogP contribution in [0, 0.1) is 6.92 Å². The third-order valence-electron chi connectivity index (χ3n) is 1.32. The molecule has 0 aliphatic rings. The molecule has 0 bridgehead atoms. The molecule has 0 saturated heterocycles. The van der Waals surface area contributed by atoms with Gasteiger partial charge >= 0.3 is 0 Å². The molecule has 0 saturated carbocycles. The Morgan fingerprint density at radius 2 is 2.22 bits per heavy atom. The summed E-state index contributed by atoms with van der Waals surface area (Å²) in [6, 6.07) is 8.23. The Labute approximate surface area is 56.1 Å². The molecule has 1 rings (SSSR count). The second kappa shape index (κ2) is 2.69. The molecule has 0 spiro atoms. The summed E-state index contributed by atoms with van der Waals surface area (Å²) < 4.78 is 0. The largest absolute Gasteiger partial charge is 0.369 e. The highest BCUT2D eigenvalue weighted by Crippen LogP contribution is 1.90. The van der Waals surface area contributed by atoms with Crippen LogP contribution in [0.2, 0.25) is 0 Å². The Kier molecular flexibility index (Phi) is 1.90. The standard InChI is InChI=1S/C7H10BN/c1-6-3-2-4-7(5-6)8-9/h2-5,8H,9H2,1H3. The van der Waals surface area contributed by atoms with Crippen LogP contribution in [0.15, 0.2) is 24.3 Å². The second-order valence-corrected chi connectivity index (χ2v) is 2.19. The fourth-order valence-electron chi connectivity index (χ4n) is 0.839. The smallest absolute Gasteiger partial charge is 0.233 e. The van der Waals surface area contributed by atoms with Gasteiger partial charge in [-0.05, 0) is 6.92 Å². The van der Waals surface area contributed by atoms with Crippen LogP contribution in [0.3, 0.4) is 0 Å². The average molecular weight is 119 g/mol. The van der Waals surface area contributed by atoms with Gasteiger partial charge in [-0.1, -0.05) is 35.3 Å². The molecule has 0 fully saturated rings. The molecule has 0 aromatic heterocycles. The SMILES string of the molecule is Cc1cccc(BN)c1. The first kappa shape index (κ1) is 6.37. The summed E-state index contributed by atoms with van der Waals surface area (Å²) in [6.07, 6.45) is 0. The summed E-state index contributed by atoms with van der Waals surface area (Å²) >= 11 is 0. The molecule has 9 heavy (non-hydrogen) atoms. The molecule has 2 heteroatoms. The summed E-state index contributed by atoms with van der Waals surface area (Å²) in [4.78, 5) is 0. The third-order valence-corrected chi connectivity index (χ3v) is 1.32. The van der Waals surface area contributed by atoms with Gasteiger partial charge in [0.15, 0.2) is 0 Å². The van der Waals surface area contributed by atoms with Crippen molar-refractivity contribution < 1.29 is 0 Å². The first-order valence-electron chi connectivity index (χ1n) is 3.08. The molecule has 1 aromatic carbocycles. The van der Waals surface area contributed by atoms with Crippen molar-refractivity contribution in [2.24, 2.45) is 5.64 Å². The molecule has 0 heterocycles. The maximum absolute atomic E-state index is 5.42. The minimum Gasteiger partial charge on any atom is -0.369 e. The Morgan fingerprint density at radius 3 is 2.67 bits per heavy atom. The van der Waals surface area contributed by atoms with Gasteiger partial charge in [-0.25, -0.2) is 0 Å². The lowest BCUT2D eigenvalue weighted by molar-refractivity contribution is 1.49. The van der Waals surface area contributed by atoms with E-state index < -0.39 is 0 Å². The quantitative estimate of drug-likeness (QED) is 0.514. The van der Waals surface area contributed by atoms with E-state index in [0.29, 0.717) is 7.41 Å². The lowest BCUT2D eigenvalue weighted by Gasteiger charge is -1.94. The second-order valence-electron chi connectivity index (χ2n) is 2.19. The Balaban J connectivity index is 2.94. The highest BCUT2D eigenvalue weighted by molar-refractivity contribution is 6.49. The van der Waals surface area contributed by atoms with Gasteiger partial charge in [0.05, 0.1) is 0 Å². The van der Waals surface area contributed by atoms with Gasteiger partial charge in [-0.15, -0.1) is 0 Å². The number of hydrogen-bond donors (Lipinski definition) is 1. The zero-order valence-electron chi connectivity index (χ0n) is 5.59. The van der Waals surface area contributed by atoms with Crippen LogP contribution in [0.4, 0.5) is 0 Å². The van der Waals surface area contributed by atoms with Crippen molar-refractivity contribution >= 4 is 12.9 Å². The molecule has 0 atom stereocenters. The first-order chi connectivity index (χ1) is 4.33. The van der Waals surface area contributed by atoms with Crippen LogP contribution in [-0.2, 0) is 0 Å². The molecular formula is C7H10BN. The number of aryl methyl sites for hydroxylation is 1. The lowest BCUT2D eigenvalue weighted by Crippen LogP contribution is -2.22. The summed E-state index contributed by atoms with van der Waals surface area (Å²) in [6.45, 7) is 2.07. The number of hydrogen-bond acceptors (Lipinski definition) is 1. The van der Waals surface area contributed by atoms with Crippen molar-refractivity contribution in [2.75, 3.05) is 0 Å². The zero-order chi connectivity index (χ0) is 6.69. The van der Waals surface area contributed by atoms with Gasteiger partial charge in [0.25, 0.3) is 0 Å². The number of nitrogens with two attached hydrogens (primary N) is 1. The monoisotopic (exact) mass is 119 g/mol. The topological polar surface area (TPSA) is 26.0 Å². The van der Waals surface area contributed by atoms with Crippen LogP contribution in [-0.4, -0.2) is 7.41 Å². The molecule has 0 aliphatic carbocycles. The maximum Gasteiger partial charge on any atom is 0.233 e. The zero-order valence-corrected chi connectivity index (χ0v) is 5.59. The molecule has 0 radical (unpaired) electrons. The first-order valence-corrected chi connectivity index (χ1v) is 3.08. The molecule has 0 amide bonds. The molecular weight excluding hydrogens is 109 g/mol. The van der Waals surface area contributed by atoms with Crippen molar-refractivity contribution in [1.82, 2.24) is 0 Å². The van der Waals surface area contributed by atoms with Crippen molar-refractivity contribution in [2.45, 2.75) is 6.92 Å². The van der Waals surface area contributed by atoms with Crippen LogP contribution in [0.5, 0.6) is 0 Å². The van der Waals surface area contributed by atoms with E-state index >= 15 is 0 Å². The molecule has 1 aromatic rings. The Morgan fingerprint density at radius 1 is 1.44 bits per heavy atom. The number of rotatable bonds is 1. The molecule has 0 unspecified atom stereocenters. The van der Waals surface area contributed by atoms with Crippen molar-refractivity contribution in [1.29, 1.82) is 0 Å². The van der Waals surface area contributed by atoms with Gasteiger partial charge in [-0.3, -0.25) is 0 Å². The predicted octanol–water partition coefficient (Wildman–Crippen LogP) is -0.0695. The predicted molar refractivity (Wildman–Crippen MR) is 42.1 cm³/mol. The molecule has 2 N–H and O–H groups in total. The Hall–Kier alpha value is -0.755. The van der Waals surface area contributed by atoms with Crippen LogP contribution >= 0.6 is 0 Å². The molecule has 0 aliphatic heterocycles. The fourth-order valence-corrected chi connectivity index (χ4v) is 0.839. The van der Waals surface area contributed by atoms with E-state index in [0.717, 1.165) is 0 Å². The van der Waals surface area contributed by atoms with Crippen molar-refractivity contribution in [3.8, 4) is 0 Å².